The predicted octanol–water partition coefficient (Wildman–Crippen LogP) is 4.06. The van der Waals surface area contributed by atoms with Gasteiger partial charge in [-0.05, 0) is 81.9 Å². The Morgan fingerprint density at radius 1 is 0.919 bits per heavy atom. The maximum absolute atomic E-state index is 13.2. The van der Waals surface area contributed by atoms with E-state index in [1.165, 1.54) is 5.69 Å². The number of anilines is 1. The van der Waals surface area contributed by atoms with Crippen molar-refractivity contribution in [2.45, 2.75) is 51.1 Å². The molecular weight excluding hydrogens is 462 g/mol. The van der Waals surface area contributed by atoms with Crippen LogP contribution in [0.1, 0.15) is 56.0 Å². The van der Waals surface area contributed by atoms with Crippen LogP contribution in [0.25, 0.3) is 0 Å². The fraction of sp³-hybridized carbons (Fsp3) is 0.533. The van der Waals surface area contributed by atoms with Crippen LogP contribution in [-0.2, 0) is 5.54 Å². The van der Waals surface area contributed by atoms with Gasteiger partial charge in [0.1, 0.15) is 0 Å². The molecule has 4 aliphatic rings. The molecule has 4 heterocycles. The van der Waals surface area contributed by atoms with Crippen LogP contribution in [0.2, 0.25) is 0 Å². The predicted molar refractivity (Wildman–Crippen MR) is 148 cm³/mol. The van der Waals surface area contributed by atoms with Gasteiger partial charge in [0.25, 0.3) is 5.91 Å². The maximum atomic E-state index is 13.2. The van der Waals surface area contributed by atoms with Crippen molar-refractivity contribution in [1.29, 1.82) is 0 Å². The zero-order chi connectivity index (χ0) is 26.0. The zero-order valence-electron chi connectivity index (χ0n) is 22.5. The molecule has 2 aromatic carbocycles. The third-order valence-corrected chi connectivity index (χ3v) is 8.84. The first-order valence-corrected chi connectivity index (χ1v) is 13.8. The smallest absolute Gasteiger partial charge is 0.315 e. The van der Waals surface area contributed by atoms with E-state index in [0.717, 1.165) is 57.5 Å². The highest BCUT2D eigenvalue weighted by Gasteiger charge is 2.46. The zero-order valence-corrected chi connectivity index (χ0v) is 22.5. The number of para-hydroxylation sites is 1. The summed E-state index contributed by atoms with van der Waals surface area (Å²) >= 11 is 0. The summed E-state index contributed by atoms with van der Waals surface area (Å²) in [6.07, 6.45) is 3.26. The average Bonchev–Trinajstić information content (AvgIpc) is 2.93. The number of urea groups is 1. The minimum absolute atomic E-state index is 0.0648. The van der Waals surface area contributed by atoms with E-state index in [-0.39, 0.29) is 17.5 Å². The Bertz CT molecular complexity index is 1090. The van der Waals surface area contributed by atoms with Gasteiger partial charge < -0.3 is 25.3 Å². The largest absolute Gasteiger partial charge is 0.368 e. The Balaban J connectivity index is 1.18. The van der Waals surface area contributed by atoms with Gasteiger partial charge in [-0.2, -0.15) is 0 Å². The second-order valence-corrected chi connectivity index (χ2v) is 11.5. The summed E-state index contributed by atoms with van der Waals surface area (Å²) in [5.74, 6) is 0.617. The van der Waals surface area contributed by atoms with Crippen LogP contribution in [0.3, 0.4) is 0 Å². The number of hydrogen-bond donors (Lipinski definition) is 2. The van der Waals surface area contributed by atoms with Crippen molar-refractivity contribution in [2.75, 3.05) is 50.7 Å². The first-order chi connectivity index (χ1) is 17.8. The molecule has 4 aliphatic heterocycles. The van der Waals surface area contributed by atoms with E-state index < -0.39 is 5.54 Å². The SMILES string of the molecule is CCC1(NC(=O)NC(C)(C)c2ccc(C(=O)N3CCN(c4ccccc4)CC3)cc2)CN2CCC1CC2. The number of carbonyl (C=O) groups is 2. The van der Waals surface area contributed by atoms with Crippen molar-refractivity contribution in [3.63, 3.8) is 0 Å². The second kappa shape index (κ2) is 10.4. The van der Waals surface area contributed by atoms with Crippen molar-refractivity contribution in [3.8, 4) is 0 Å². The highest BCUT2D eigenvalue weighted by Crippen LogP contribution is 2.37. The van der Waals surface area contributed by atoms with Gasteiger partial charge in [-0.25, -0.2) is 4.79 Å². The molecule has 2 aromatic rings. The number of benzene rings is 2. The molecule has 2 bridgehead atoms. The molecule has 0 aliphatic carbocycles. The third kappa shape index (κ3) is 5.33. The van der Waals surface area contributed by atoms with E-state index in [1.54, 1.807) is 0 Å². The molecule has 198 valence electrons. The van der Waals surface area contributed by atoms with E-state index in [1.807, 2.05) is 61.2 Å². The van der Waals surface area contributed by atoms with Crippen molar-refractivity contribution in [3.05, 3.63) is 65.7 Å². The van der Waals surface area contributed by atoms with Crippen LogP contribution in [-0.4, -0.2) is 73.1 Å². The molecule has 7 heteroatoms. The standard InChI is InChI=1S/C30H41N5O2/c1-4-30(22-33-16-14-25(30)15-17-33)32-28(37)31-29(2,3)24-12-10-23(11-13-24)27(36)35-20-18-34(19-21-35)26-8-6-5-7-9-26/h5-13,25H,4,14-22H2,1-3H3,(H2,31,32,37). The van der Waals surface area contributed by atoms with Gasteiger partial charge in [0, 0.05) is 44.0 Å². The molecule has 4 saturated heterocycles. The van der Waals surface area contributed by atoms with Gasteiger partial charge in [0.15, 0.2) is 0 Å². The number of fused-ring (bicyclic) bond motifs is 3. The van der Waals surface area contributed by atoms with Gasteiger partial charge in [-0.15, -0.1) is 0 Å². The normalized spacial score (nSPS) is 25.6. The van der Waals surface area contributed by atoms with Crippen LogP contribution in [0, 0.1) is 5.92 Å². The number of carbonyl (C=O) groups excluding carboxylic acids is 2. The van der Waals surface area contributed by atoms with E-state index in [2.05, 4.69) is 39.5 Å². The van der Waals surface area contributed by atoms with Gasteiger partial charge in [0.2, 0.25) is 0 Å². The van der Waals surface area contributed by atoms with E-state index in [0.29, 0.717) is 24.6 Å². The second-order valence-electron chi connectivity index (χ2n) is 11.5. The maximum Gasteiger partial charge on any atom is 0.315 e. The fourth-order valence-corrected chi connectivity index (χ4v) is 6.43. The summed E-state index contributed by atoms with van der Waals surface area (Å²) in [5, 5.41) is 6.57. The summed E-state index contributed by atoms with van der Waals surface area (Å²) < 4.78 is 0. The first-order valence-electron chi connectivity index (χ1n) is 13.8. The molecule has 0 saturated carbocycles. The minimum Gasteiger partial charge on any atom is -0.368 e. The van der Waals surface area contributed by atoms with Crippen LogP contribution in [0.5, 0.6) is 0 Å². The molecule has 7 nitrogen and oxygen atoms in total. The van der Waals surface area contributed by atoms with Crippen LogP contribution < -0.4 is 15.5 Å². The lowest BCUT2D eigenvalue weighted by molar-refractivity contribution is 0.00985. The Morgan fingerprint density at radius 3 is 2.14 bits per heavy atom. The Labute approximate surface area is 221 Å². The number of hydrogen-bond acceptors (Lipinski definition) is 4. The van der Waals surface area contributed by atoms with E-state index in [9.17, 15) is 9.59 Å². The molecule has 37 heavy (non-hydrogen) atoms. The summed E-state index contributed by atoms with van der Waals surface area (Å²) in [6, 6.07) is 18.0. The van der Waals surface area contributed by atoms with Crippen molar-refractivity contribution in [1.82, 2.24) is 20.4 Å². The quantitative estimate of drug-likeness (QED) is 0.624. The fourth-order valence-electron chi connectivity index (χ4n) is 6.43. The Morgan fingerprint density at radius 2 is 1.57 bits per heavy atom. The molecule has 2 N–H and O–H groups in total. The summed E-state index contributed by atoms with van der Waals surface area (Å²) in [5.41, 5.74) is 2.17. The van der Waals surface area contributed by atoms with Crippen molar-refractivity contribution >= 4 is 17.6 Å². The number of piperidine rings is 3. The molecule has 3 amide bonds. The van der Waals surface area contributed by atoms with Gasteiger partial charge >= 0.3 is 6.03 Å². The lowest BCUT2D eigenvalue weighted by Gasteiger charge is -2.53. The average molecular weight is 504 g/mol. The van der Waals surface area contributed by atoms with Crippen LogP contribution >= 0.6 is 0 Å². The van der Waals surface area contributed by atoms with E-state index in [4.69, 9.17) is 0 Å². The van der Waals surface area contributed by atoms with Gasteiger partial charge in [0.05, 0.1) is 11.1 Å². The van der Waals surface area contributed by atoms with Crippen molar-refractivity contribution in [2.24, 2.45) is 5.92 Å². The number of rotatable bonds is 6. The lowest BCUT2D eigenvalue weighted by atomic mass is 9.71. The molecular formula is C30H41N5O2. The summed E-state index contributed by atoms with van der Waals surface area (Å²) in [7, 11) is 0. The van der Waals surface area contributed by atoms with Gasteiger partial charge in [-0.1, -0.05) is 37.3 Å². The van der Waals surface area contributed by atoms with E-state index >= 15 is 0 Å². The first kappa shape index (κ1) is 25.6. The number of nitrogens with one attached hydrogen (secondary N) is 2. The Kier molecular flexibility index (Phi) is 7.17. The topological polar surface area (TPSA) is 67.9 Å². The van der Waals surface area contributed by atoms with Crippen LogP contribution in [0.4, 0.5) is 10.5 Å². The molecule has 0 radical (unpaired) electrons. The molecule has 0 aromatic heterocycles. The molecule has 1 unspecified atom stereocenters. The number of amides is 3. The Hall–Kier alpha value is -3.06. The molecule has 6 rings (SSSR count). The highest BCUT2D eigenvalue weighted by atomic mass is 16.2. The summed E-state index contributed by atoms with van der Waals surface area (Å²) in [6.45, 7) is 12.5. The minimum atomic E-state index is -0.560. The molecule has 1 atom stereocenters. The summed E-state index contributed by atoms with van der Waals surface area (Å²) in [4.78, 5) is 33.0. The monoisotopic (exact) mass is 503 g/mol. The molecule has 0 spiro atoms. The highest BCUT2D eigenvalue weighted by molar-refractivity contribution is 5.94. The molecule has 4 fully saturated rings. The van der Waals surface area contributed by atoms with Crippen LogP contribution in [0.15, 0.2) is 54.6 Å². The van der Waals surface area contributed by atoms with Crippen molar-refractivity contribution < 1.29 is 9.59 Å². The third-order valence-electron chi connectivity index (χ3n) is 8.84. The lowest BCUT2D eigenvalue weighted by Crippen LogP contribution is -2.68. The number of nitrogens with zero attached hydrogens (tertiary/aromatic N) is 3. The van der Waals surface area contributed by atoms with Gasteiger partial charge in [-0.3, -0.25) is 4.79 Å². The number of piperazine rings is 1.